The van der Waals surface area contributed by atoms with Crippen LogP contribution in [0.5, 0.6) is 0 Å². The molecule has 0 bridgehead atoms. The number of aromatic amines is 2. The number of halogens is 1. The molecule has 1 aliphatic rings. The summed E-state index contributed by atoms with van der Waals surface area (Å²) in [5, 5.41) is 15.4. The Kier molecular flexibility index (Phi) is 5.94. The maximum atomic E-state index is 16.1. The number of fused-ring (bicyclic) bond motifs is 2. The first-order valence-electron chi connectivity index (χ1n) is 12.9. The summed E-state index contributed by atoms with van der Waals surface area (Å²) >= 11 is 1.64. The van der Waals surface area contributed by atoms with Gasteiger partial charge in [0.1, 0.15) is 11.4 Å². The van der Waals surface area contributed by atoms with Gasteiger partial charge in [-0.2, -0.15) is 16.4 Å². The summed E-state index contributed by atoms with van der Waals surface area (Å²) in [6, 6.07) is 10.0. The van der Waals surface area contributed by atoms with Gasteiger partial charge in [-0.25, -0.2) is 9.37 Å². The number of nitrogens with zero attached hydrogens (tertiary/aromatic N) is 4. The number of pyridine rings is 2. The lowest BCUT2D eigenvalue weighted by atomic mass is 10.1. The molecule has 38 heavy (non-hydrogen) atoms. The van der Waals surface area contributed by atoms with E-state index < -0.39 is 5.82 Å². The normalized spacial score (nSPS) is 14.2. The smallest absolute Gasteiger partial charge is 0.161 e. The van der Waals surface area contributed by atoms with E-state index in [1.807, 2.05) is 35.8 Å². The molecule has 1 fully saturated rings. The number of aromatic nitrogens is 6. The molecule has 5 aromatic heterocycles. The molecule has 3 N–H and O–H groups in total. The second-order valence-corrected chi connectivity index (χ2v) is 10.7. The van der Waals surface area contributed by atoms with Crippen molar-refractivity contribution in [1.82, 2.24) is 35.5 Å². The number of rotatable bonds is 7. The fourth-order valence-corrected chi connectivity index (χ4v) is 6.15. The van der Waals surface area contributed by atoms with Gasteiger partial charge in [0, 0.05) is 30.1 Å². The van der Waals surface area contributed by atoms with Crippen molar-refractivity contribution in [2.45, 2.75) is 32.2 Å². The Morgan fingerprint density at radius 1 is 1.03 bits per heavy atom. The molecule has 7 nitrogen and oxygen atoms in total. The molecule has 6 aromatic rings. The number of imidazole rings is 1. The van der Waals surface area contributed by atoms with Crippen LogP contribution in [0.15, 0.2) is 59.7 Å². The van der Waals surface area contributed by atoms with E-state index in [2.05, 4.69) is 41.9 Å². The van der Waals surface area contributed by atoms with E-state index in [1.165, 1.54) is 25.7 Å². The van der Waals surface area contributed by atoms with E-state index in [0.29, 0.717) is 34.5 Å². The van der Waals surface area contributed by atoms with Crippen LogP contribution in [0.2, 0.25) is 0 Å². The number of nitrogens with one attached hydrogen (secondary N) is 3. The molecule has 0 radical (unpaired) electrons. The minimum absolute atomic E-state index is 0.250. The highest BCUT2D eigenvalue weighted by Gasteiger charge is 2.21. The van der Waals surface area contributed by atoms with Gasteiger partial charge < -0.3 is 10.3 Å². The lowest BCUT2D eigenvalue weighted by Crippen LogP contribution is -2.20. The molecule has 0 atom stereocenters. The van der Waals surface area contributed by atoms with Crippen LogP contribution in [-0.4, -0.2) is 36.7 Å². The summed E-state index contributed by atoms with van der Waals surface area (Å²) in [7, 11) is 0. The van der Waals surface area contributed by atoms with Crippen LogP contribution in [0.25, 0.3) is 55.8 Å². The Bertz CT molecular complexity index is 1730. The van der Waals surface area contributed by atoms with Crippen molar-refractivity contribution in [3.05, 3.63) is 71.1 Å². The number of benzene rings is 1. The van der Waals surface area contributed by atoms with E-state index in [4.69, 9.17) is 4.98 Å². The topological polar surface area (TPSA) is 95.2 Å². The van der Waals surface area contributed by atoms with Crippen molar-refractivity contribution in [1.29, 1.82) is 0 Å². The van der Waals surface area contributed by atoms with Crippen LogP contribution in [0.3, 0.4) is 0 Å². The Balaban J connectivity index is 1.23. The zero-order chi connectivity index (χ0) is 25.5. The number of para-hydroxylation sites is 1. The van der Waals surface area contributed by atoms with E-state index in [-0.39, 0.29) is 5.69 Å². The van der Waals surface area contributed by atoms with Crippen molar-refractivity contribution in [3.63, 3.8) is 0 Å². The molecular formula is C29H26FN7S. The molecule has 7 rings (SSSR count). The van der Waals surface area contributed by atoms with Crippen molar-refractivity contribution in [2.24, 2.45) is 5.92 Å². The van der Waals surface area contributed by atoms with Crippen molar-refractivity contribution in [2.75, 3.05) is 6.54 Å². The molecule has 0 aliphatic heterocycles. The molecule has 1 aromatic carbocycles. The Labute approximate surface area is 222 Å². The van der Waals surface area contributed by atoms with Crippen LogP contribution in [-0.2, 0) is 6.54 Å². The molecule has 9 heteroatoms. The summed E-state index contributed by atoms with van der Waals surface area (Å²) < 4.78 is 16.1. The Morgan fingerprint density at radius 2 is 1.95 bits per heavy atom. The van der Waals surface area contributed by atoms with E-state index in [0.717, 1.165) is 40.2 Å². The summed E-state index contributed by atoms with van der Waals surface area (Å²) in [4.78, 5) is 17.0. The summed E-state index contributed by atoms with van der Waals surface area (Å²) in [6.45, 7) is 1.70. The molecule has 0 spiro atoms. The molecular weight excluding hydrogens is 497 g/mol. The monoisotopic (exact) mass is 523 g/mol. The van der Waals surface area contributed by atoms with Crippen molar-refractivity contribution in [3.8, 4) is 33.9 Å². The number of H-pyrrole nitrogens is 2. The highest BCUT2D eigenvalue weighted by atomic mass is 32.1. The van der Waals surface area contributed by atoms with Crippen molar-refractivity contribution >= 4 is 33.3 Å². The minimum atomic E-state index is -0.442. The predicted octanol–water partition coefficient (Wildman–Crippen LogP) is 6.71. The van der Waals surface area contributed by atoms with E-state index in [9.17, 15) is 0 Å². The maximum Gasteiger partial charge on any atom is 0.161 e. The summed E-state index contributed by atoms with van der Waals surface area (Å²) in [5.41, 5.74) is 6.67. The van der Waals surface area contributed by atoms with E-state index in [1.54, 1.807) is 23.7 Å². The second kappa shape index (κ2) is 9.74. The van der Waals surface area contributed by atoms with Gasteiger partial charge in [-0.15, -0.1) is 0 Å². The SMILES string of the molecule is Fc1c(-c2cncc(CNCC3CCCC3)c2)ncc2[nH]nc(-c3nc4c(-c5ccsc5)cccc4[nH]3)c12. The average molecular weight is 524 g/mol. The Hall–Kier alpha value is -3.95. The van der Waals surface area contributed by atoms with Crippen LogP contribution in [0.1, 0.15) is 31.2 Å². The van der Waals surface area contributed by atoms with Gasteiger partial charge in [-0.1, -0.05) is 25.0 Å². The molecule has 0 amide bonds. The van der Waals surface area contributed by atoms with Crippen LogP contribution < -0.4 is 5.32 Å². The average Bonchev–Trinajstić information content (AvgIpc) is 3.75. The lowest BCUT2D eigenvalue weighted by molar-refractivity contribution is 0.489. The van der Waals surface area contributed by atoms with Gasteiger partial charge in [-0.05, 0) is 65.4 Å². The largest absolute Gasteiger partial charge is 0.337 e. The first-order valence-corrected chi connectivity index (χ1v) is 13.9. The fourth-order valence-electron chi connectivity index (χ4n) is 5.49. The molecule has 1 saturated carbocycles. The van der Waals surface area contributed by atoms with Crippen LogP contribution in [0.4, 0.5) is 4.39 Å². The maximum absolute atomic E-state index is 16.1. The van der Waals surface area contributed by atoms with Crippen LogP contribution >= 0.6 is 11.3 Å². The first-order chi connectivity index (χ1) is 18.7. The van der Waals surface area contributed by atoms with Gasteiger partial charge in [0.15, 0.2) is 11.6 Å². The third-order valence-corrected chi connectivity index (χ3v) is 8.10. The van der Waals surface area contributed by atoms with Gasteiger partial charge >= 0.3 is 0 Å². The highest BCUT2D eigenvalue weighted by Crippen LogP contribution is 2.35. The second-order valence-electron chi connectivity index (χ2n) is 9.94. The molecule has 190 valence electrons. The summed E-state index contributed by atoms with van der Waals surface area (Å²) in [5.74, 6) is 0.822. The molecule has 5 heterocycles. The standard InChI is InChI=1S/C29H26FN7S/c30-25-24-23(15-33-26(25)20-10-18(13-32-14-20)12-31-11-17-4-1-2-5-17)36-37-28(24)29-34-22-7-3-6-21(27(22)35-29)19-8-9-38-16-19/h3,6-10,13-17,31H,1-2,4-5,11-12H2,(H,34,35)(H,36,37). The van der Waals surface area contributed by atoms with Gasteiger partial charge in [-0.3, -0.25) is 15.1 Å². The third kappa shape index (κ3) is 4.17. The lowest BCUT2D eigenvalue weighted by Gasteiger charge is -2.11. The van der Waals surface area contributed by atoms with Gasteiger partial charge in [0.25, 0.3) is 0 Å². The number of hydrogen-bond acceptors (Lipinski definition) is 6. The first kappa shape index (κ1) is 23.2. The zero-order valence-electron chi connectivity index (χ0n) is 20.7. The van der Waals surface area contributed by atoms with E-state index >= 15 is 4.39 Å². The van der Waals surface area contributed by atoms with Gasteiger partial charge in [0.05, 0.1) is 28.1 Å². The molecule has 0 saturated heterocycles. The predicted molar refractivity (Wildman–Crippen MR) is 149 cm³/mol. The number of thiophene rings is 1. The minimum Gasteiger partial charge on any atom is -0.337 e. The number of hydrogen-bond donors (Lipinski definition) is 3. The van der Waals surface area contributed by atoms with Crippen LogP contribution in [0, 0.1) is 11.7 Å². The Morgan fingerprint density at radius 3 is 2.82 bits per heavy atom. The quantitative estimate of drug-likeness (QED) is 0.216. The van der Waals surface area contributed by atoms with Crippen molar-refractivity contribution < 1.29 is 4.39 Å². The summed E-state index contributed by atoms with van der Waals surface area (Å²) in [6.07, 6.45) is 10.4. The molecule has 1 aliphatic carbocycles. The fraction of sp³-hybridized carbons (Fsp3) is 0.241. The molecule has 0 unspecified atom stereocenters. The third-order valence-electron chi connectivity index (χ3n) is 7.42. The highest BCUT2D eigenvalue weighted by molar-refractivity contribution is 7.08. The van der Waals surface area contributed by atoms with Gasteiger partial charge in [0.2, 0.25) is 0 Å². The zero-order valence-corrected chi connectivity index (χ0v) is 21.5.